The van der Waals surface area contributed by atoms with Gasteiger partial charge >= 0.3 is 4.87 Å². The molecular weight excluding hydrogens is 266 g/mol. The first kappa shape index (κ1) is 13.5. The van der Waals surface area contributed by atoms with E-state index in [0.717, 1.165) is 5.69 Å². The Bertz CT molecular complexity index is 587. The van der Waals surface area contributed by atoms with Crippen LogP contribution in [0.4, 0.5) is 0 Å². The number of rotatable bonds is 6. The van der Waals surface area contributed by atoms with Gasteiger partial charge in [0, 0.05) is 24.0 Å². The summed E-state index contributed by atoms with van der Waals surface area (Å²) in [4.78, 5) is 27.0. The quantitative estimate of drug-likeness (QED) is 0.803. The lowest BCUT2D eigenvalue weighted by Gasteiger charge is -2.05. The van der Waals surface area contributed by atoms with Crippen molar-refractivity contribution < 1.29 is 4.79 Å². The lowest BCUT2D eigenvalue weighted by atomic mass is 10.3. The van der Waals surface area contributed by atoms with Crippen molar-refractivity contribution in [3.05, 3.63) is 32.9 Å². The zero-order chi connectivity index (χ0) is 13.7. The maximum absolute atomic E-state index is 11.6. The van der Waals surface area contributed by atoms with Crippen molar-refractivity contribution in [1.29, 1.82) is 0 Å². The highest BCUT2D eigenvalue weighted by Gasteiger charge is 2.05. The Balaban J connectivity index is 1.71. The Labute approximate surface area is 113 Å². The summed E-state index contributed by atoms with van der Waals surface area (Å²) < 4.78 is 1.69. The third-order valence-electron chi connectivity index (χ3n) is 2.68. The normalized spacial score (nSPS) is 10.6. The molecule has 0 aromatic carbocycles. The van der Waals surface area contributed by atoms with Gasteiger partial charge in [-0.3, -0.25) is 14.7 Å². The number of aromatic nitrogens is 4. The lowest BCUT2D eigenvalue weighted by Crippen LogP contribution is -2.24. The van der Waals surface area contributed by atoms with Crippen LogP contribution in [0.25, 0.3) is 0 Å². The minimum atomic E-state index is -0.0580. The number of amides is 1. The van der Waals surface area contributed by atoms with Crippen molar-refractivity contribution in [3.63, 3.8) is 0 Å². The predicted octanol–water partition coefficient (Wildman–Crippen LogP) is 0.433. The zero-order valence-corrected chi connectivity index (χ0v) is 11.4. The van der Waals surface area contributed by atoms with Gasteiger partial charge < -0.3 is 9.88 Å². The van der Waals surface area contributed by atoms with Crippen LogP contribution in [0.5, 0.6) is 0 Å². The number of nitrogens with one attached hydrogen (secondary N) is 2. The molecule has 0 aliphatic rings. The molecule has 7 nitrogen and oxygen atoms in total. The summed E-state index contributed by atoms with van der Waals surface area (Å²) in [7, 11) is 0. The first-order valence-electron chi connectivity index (χ1n) is 5.92. The first-order valence-corrected chi connectivity index (χ1v) is 6.80. The smallest absolute Gasteiger partial charge is 0.307 e. The Morgan fingerprint density at radius 1 is 1.58 bits per heavy atom. The molecular formula is C11H15N5O2S. The summed E-state index contributed by atoms with van der Waals surface area (Å²) in [5, 5.41) is 10.9. The predicted molar refractivity (Wildman–Crippen MR) is 70.8 cm³/mol. The summed E-state index contributed by atoms with van der Waals surface area (Å²) in [5.41, 5.74) is 0.942. The first-order chi connectivity index (χ1) is 9.16. The monoisotopic (exact) mass is 281 g/mol. The van der Waals surface area contributed by atoms with Crippen LogP contribution in [-0.2, 0) is 17.9 Å². The van der Waals surface area contributed by atoms with Gasteiger partial charge in [-0.05, 0) is 13.3 Å². The van der Waals surface area contributed by atoms with Crippen LogP contribution in [0.15, 0.2) is 16.5 Å². The van der Waals surface area contributed by atoms with E-state index in [4.69, 9.17) is 0 Å². The number of carbonyl (C=O) groups is 1. The molecule has 2 heterocycles. The average Bonchev–Trinajstić information content (AvgIpc) is 3.00. The van der Waals surface area contributed by atoms with Gasteiger partial charge in [0.15, 0.2) is 0 Å². The Morgan fingerprint density at radius 2 is 2.42 bits per heavy atom. The van der Waals surface area contributed by atoms with E-state index < -0.39 is 0 Å². The number of nitrogens with zero attached hydrogens (tertiary/aromatic N) is 3. The van der Waals surface area contributed by atoms with Crippen molar-refractivity contribution in [1.82, 2.24) is 25.1 Å². The van der Waals surface area contributed by atoms with Crippen LogP contribution in [0.2, 0.25) is 0 Å². The van der Waals surface area contributed by atoms with E-state index in [1.165, 1.54) is 17.7 Å². The van der Waals surface area contributed by atoms with E-state index in [-0.39, 0.29) is 10.8 Å². The SMILES string of the molecule is Cc1csc(=O)n1CCCC(=O)NCc1ncn[nH]1. The molecule has 0 aliphatic heterocycles. The number of hydrogen-bond donors (Lipinski definition) is 2. The van der Waals surface area contributed by atoms with E-state index in [1.54, 1.807) is 4.57 Å². The second kappa shape index (κ2) is 6.28. The van der Waals surface area contributed by atoms with E-state index in [1.807, 2.05) is 12.3 Å². The summed E-state index contributed by atoms with van der Waals surface area (Å²) in [6.45, 7) is 2.81. The molecule has 1 amide bonds. The molecule has 0 aliphatic carbocycles. The van der Waals surface area contributed by atoms with Crippen molar-refractivity contribution in [3.8, 4) is 0 Å². The van der Waals surface area contributed by atoms with Crippen molar-refractivity contribution in [2.75, 3.05) is 0 Å². The summed E-state index contributed by atoms with van der Waals surface area (Å²) >= 11 is 1.19. The molecule has 2 rings (SSSR count). The molecule has 19 heavy (non-hydrogen) atoms. The topological polar surface area (TPSA) is 92.7 Å². The molecule has 2 aromatic rings. The highest BCUT2D eigenvalue weighted by atomic mass is 32.1. The number of aromatic amines is 1. The van der Waals surface area contributed by atoms with E-state index in [0.29, 0.717) is 31.8 Å². The van der Waals surface area contributed by atoms with Crippen LogP contribution in [-0.4, -0.2) is 25.7 Å². The molecule has 0 spiro atoms. The Hall–Kier alpha value is -1.96. The highest BCUT2D eigenvalue weighted by molar-refractivity contribution is 7.07. The van der Waals surface area contributed by atoms with E-state index in [9.17, 15) is 9.59 Å². The van der Waals surface area contributed by atoms with Crippen molar-refractivity contribution in [2.45, 2.75) is 32.9 Å². The Morgan fingerprint density at radius 3 is 3.05 bits per heavy atom. The molecule has 0 bridgehead atoms. The molecule has 0 saturated carbocycles. The standard InChI is InChI=1S/C11H15N5O2S/c1-8-6-19-11(18)16(8)4-2-3-10(17)12-5-9-13-7-14-15-9/h6-7H,2-5H2,1H3,(H,12,17)(H,13,14,15). The number of carbonyl (C=O) groups excluding carboxylic acids is 1. The van der Waals surface area contributed by atoms with Gasteiger partial charge in [0.05, 0.1) is 6.54 Å². The molecule has 0 unspecified atom stereocenters. The number of thiazole rings is 1. The third kappa shape index (κ3) is 3.75. The fraction of sp³-hybridized carbons (Fsp3) is 0.455. The Kier molecular flexibility index (Phi) is 4.45. The molecule has 0 saturated heterocycles. The van der Waals surface area contributed by atoms with Gasteiger partial charge in [0.2, 0.25) is 5.91 Å². The fourth-order valence-electron chi connectivity index (χ4n) is 1.66. The minimum absolute atomic E-state index is 0.0274. The van der Waals surface area contributed by atoms with Crippen molar-refractivity contribution in [2.24, 2.45) is 0 Å². The van der Waals surface area contributed by atoms with Crippen LogP contribution in [0, 0.1) is 6.92 Å². The molecule has 2 N–H and O–H groups in total. The van der Waals surface area contributed by atoms with E-state index in [2.05, 4.69) is 20.5 Å². The van der Waals surface area contributed by atoms with Gasteiger partial charge in [-0.15, -0.1) is 0 Å². The van der Waals surface area contributed by atoms with Crippen LogP contribution >= 0.6 is 11.3 Å². The molecule has 102 valence electrons. The minimum Gasteiger partial charge on any atom is -0.349 e. The maximum atomic E-state index is 11.6. The second-order valence-electron chi connectivity index (χ2n) is 4.11. The van der Waals surface area contributed by atoms with Crippen LogP contribution in [0.1, 0.15) is 24.4 Å². The third-order valence-corrected chi connectivity index (χ3v) is 3.56. The van der Waals surface area contributed by atoms with Gasteiger partial charge in [-0.1, -0.05) is 11.3 Å². The van der Waals surface area contributed by atoms with Gasteiger partial charge in [-0.25, -0.2) is 4.98 Å². The number of aryl methyl sites for hydroxylation is 1. The van der Waals surface area contributed by atoms with Crippen LogP contribution in [0.3, 0.4) is 0 Å². The molecule has 2 aromatic heterocycles. The summed E-state index contributed by atoms with van der Waals surface area (Å²) in [6, 6.07) is 0. The molecule has 0 atom stereocenters. The summed E-state index contributed by atoms with van der Waals surface area (Å²) in [6.07, 6.45) is 2.42. The van der Waals surface area contributed by atoms with Crippen LogP contribution < -0.4 is 10.2 Å². The fourth-order valence-corrected chi connectivity index (χ4v) is 2.42. The van der Waals surface area contributed by atoms with E-state index >= 15 is 0 Å². The van der Waals surface area contributed by atoms with Gasteiger partial charge in [0.25, 0.3) is 0 Å². The zero-order valence-electron chi connectivity index (χ0n) is 10.5. The van der Waals surface area contributed by atoms with Gasteiger partial charge in [0.1, 0.15) is 12.2 Å². The lowest BCUT2D eigenvalue weighted by molar-refractivity contribution is -0.121. The summed E-state index contributed by atoms with van der Waals surface area (Å²) in [5.74, 6) is 0.565. The number of hydrogen-bond acceptors (Lipinski definition) is 5. The maximum Gasteiger partial charge on any atom is 0.307 e. The second-order valence-corrected chi connectivity index (χ2v) is 4.93. The highest BCUT2D eigenvalue weighted by Crippen LogP contribution is 2.02. The largest absolute Gasteiger partial charge is 0.349 e. The molecule has 0 radical (unpaired) electrons. The molecule has 8 heteroatoms. The van der Waals surface area contributed by atoms with Gasteiger partial charge in [-0.2, -0.15) is 5.10 Å². The number of H-pyrrole nitrogens is 1. The van der Waals surface area contributed by atoms with Crippen molar-refractivity contribution >= 4 is 17.2 Å². The molecule has 0 fully saturated rings. The average molecular weight is 281 g/mol.